The molecule has 0 saturated carbocycles. The first-order valence-corrected chi connectivity index (χ1v) is 8.57. The Bertz CT molecular complexity index is 670. The molecule has 3 N–H and O–H groups in total. The minimum Gasteiger partial charge on any atom is -0.491 e. The largest absolute Gasteiger partial charge is 0.491 e. The summed E-state index contributed by atoms with van der Waals surface area (Å²) in [6.07, 6.45) is -3.86. The van der Waals surface area contributed by atoms with E-state index in [-0.39, 0.29) is 11.4 Å². The molecule has 0 radical (unpaired) electrons. The lowest BCUT2D eigenvalue weighted by atomic mass is 10.1. The first-order chi connectivity index (χ1) is 12.3. The predicted molar refractivity (Wildman–Crippen MR) is 96.7 cm³/mol. The van der Waals surface area contributed by atoms with Crippen LogP contribution in [-0.4, -0.2) is 30.1 Å². The molecule has 0 aromatic heterocycles. The smallest absolute Gasteiger partial charge is 0.416 e. The molecule has 0 saturated heterocycles. The summed E-state index contributed by atoms with van der Waals surface area (Å²) in [4.78, 5) is 23.9. The molecule has 0 aliphatic carbocycles. The molecule has 1 aromatic carbocycles. The van der Waals surface area contributed by atoms with Crippen LogP contribution in [0.25, 0.3) is 0 Å². The number of imide groups is 1. The van der Waals surface area contributed by atoms with E-state index in [0.717, 1.165) is 12.1 Å². The zero-order valence-electron chi connectivity index (χ0n) is 16.1. The van der Waals surface area contributed by atoms with E-state index >= 15 is 0 Å². The van der Waals surface area contributed by atoms with Gasteiger partial charge in [0.15, 0.2) is 0 Å². The van der Waals surface area contributed by atoms with Crippen LogP contribution < -0.4 is 20.7 Å². The quantitative estimate of drug-likeness (QED) is 0.689. The lowest BCUT2D eigenvalue weighted by Gasteiger charge is -2.22. The molecule has 1 unspecified atom stereocenters. The Balaban J connectivity index is 2.93. The van der Waals surface area contributed by atoms with Gasteiger partial charge >= 0.3 is 12.2 Å². The third-order valence-corrected chi connectivity index (χ3v) is 3.26. The Morgan fingerprint density at radius 3 is 2.33 bits per heavy atom. The summed E-state index contributed by atoms with van der Waals surface area (Å²) >= 11 is 0. The van der Waals surface area contributed by atoms with Gasteiger partial charge in [0.25, 0.3) is 0 Å². The maximum Gasteiger partial charge on any atom is 0.416 e. The molecular weight excluding hydrogens is 363 g/mol. The second kappa shape index (κ2) is 8.96. The van der Waals surface area contributed by atoms with Crippen LogP contribution >= 0.6 is 0 Å². The summed E-state index contributed by atoms with van der Waals surface area (Å²) in [7, 11) is 0. The van der Waals surface area contributed by atoms with Gasteiger partial charge in [0.05, 0.1) is 17.9 Å². The third-order valence-electron chi connectivity index (χ3n) is 3.26. The van der Waals surface area contributed by atoms with E-state index in [2.05, 4.69) is 16.0 Å². The number of urea groups is 1. The maximum absolute atomic E-state index is 13.0. The molecule has 3 amide bonds. The number of amides is 3. The van der Waals surface area contributed by atoms with E-state index in [0.29, 0.717) is 13.0 Å². The molecule has 0 spiro atoms. The molecule has 0 bridgehead atoms. The van der Waals surface area contributed by atoms with Gasteiger partial charge in [-0.25, -0.2) is 4.79 Å². The van der Waals surface area contributed by atoms with Crippen molar-refractivity contribution in [1.82, 2.24) is 10.6 Å². The first-order valence-electron chi connectivity index (χ1n) is 8.57. The lowest BCUT2D eigenvalue weighted by molar-refractivity contribution is -0.137. The van der Waals surface area contributed by atoms with Crippen molar-refractivity contribution in [2.75, 3.05) is 11.9 Å². The fourth-order valence-corrected chi connectivity index (χ4v) is 2.05. The second-order valence-electron chi connectivity index (χ2n) is 7.12. The van der Waals surface area contributed by atoms with Crippen LogP contribution in [0.5, 0.6) is 5.75 Å². The van der Waals surface area contributed by atoms with E-state index in [1.807, 2.05) is 6.92 Å². The maximum atomic E-state index is 13.0. The number of rotatable bonds is 6. The number of alkyl halides is 3. The SMILES string of the molecule is CCCOc1ccc(C(F)(F)F)cc1NC(C)C(=O)NC(=O)NC(C)(C)C. The van der Waals surface area contributed by atoms with Crippen LogP contribution in [0.15, 0.2) is 18.2 Å². The van der Waals surface area contributed by atoms with E-state index in [1.54, 1.807) is 20.8 Å². The number of benzene rings is 1. The zero-order chi connectivity index (χ0) is 20.8. The molecule has 6 nitrogen and oxygen atoms in total. The van der Waals surface area contributed by atoms with Crippen molar-refractivity contribution in [1.29, 1.82) is 0 Å². The summed E-state index contributed by atoms with van der Waals surface area (Å²) in [5.41, 5.74) is -1.38. The van der Waals surface area contributed by atoms with Crippen molar-refractivity contribution >= 4 is 17.6 Å². The van der Waals surface area contributed by atoms with Crippen LogP contribution in [0.4, 0.5) is 23.7 Å². The molecule has 0 aliphatic heterocycles. The molecule has 27 heavy (non-hydrogen) atoms. The molecule has 152 valence electrons. The van der Waals surface area contributed by atoms with Crippen LogP contribution in [0, 0.1) is 0 Å². The van der Waals surface area contributed by atoms with Gasteiger partial charge in [-0.05, 0) is 52.3 Å². The summed E-state index contributed by atoms with van der Waals surface area (Å²) in [5, 5.41) is 7.40. The fraction of sp³-hybridized carbons (Fsp3) is 0.556. The molecule has 1 rings (SSSR count). The van der Waals surface area contributed by atoms with Gasteiger partial charge in [0.2, 0.25) is 5.91 Å². The van der Waals surface area contributed by atoms with E-state index in [4.69, 9.17) is 4.74 Å². The average molecular weight is 389 g/mol. The Morgan fingerprint density at radius 1 is 1.19 bits per heavy atom. The Labute approximate surface area is 156 Å². The molecule has 0 fully saturated rings. The first kappa shape index (κ1) is 22.6. The Kier molecular flexibility index (Phi) is 7.50. The van der Waals surface area contributed by atoms with Gasteiger partial charge in [-0.3, -0.25) is 10.1 Å². The minimum absolute atomic E-state index is 0.0251. The topological polar surface area (TPSA) is 79.5 Å². The van der Waals surface area contributed by atoms with Crippen molar-refractivity contribution in [3.05, 3.63) is 23.8 Å². The number of hydrogen-bond donors (Lipinski definition) is 3. The number of carbonyl (C=O) groups is 2. The fourth-order valence-electron chi connectivity index (χ4n) is 2.05. The van der Waals surface area contributed by atoms with Gasteiger partial charge in [-0.1, -0.05) is 6.92 Å². The van der Waals surface area contributed by atoms with Crippen molar-refractivity contribution in [2.45, 2.75) is 58.8 Å². The van der Waals surface area contributed by atoms with Crippen LogP contribution in [0.3, 0.4) is 0 Å². The van der Waals surface area contributed by atoms with Gasteiger partial charge in [-0.15, -0.1) is 0 Å². The molecule has 9 heteroatoms. The number of carbonyl (C=O) groups excluding carboxylic acids is 2. The zero-order valence-corrected chi connectivity index (χ0v) is 16.1. The van der Waals surface area contributed by atoms with E-state index < -0.39 is 35.3 Å². The van der Waals surface area contributed by atoms with Crippen LogP contribution in [0.1, 0.15) is 46.6 Å². The molecule has 0 aliphatic rings. The Hall–Kier alpha value is -2.45. The normalized spacial score (nSPS) is 12.9. The number of ether oxygens (including phenoxy) is 1. The second-order valence-corrected chi connectivity index (χ2v) is 7.12. The summed E-state index contributed by atoms with van der Waals surface area (Å²) < 4.78 is 44.4. The lowest BCUT2D eigenvalue weighted by Crippen LogP contribution is -2.51. The highest BCUT2D eigenvalue weighted by Crippen LogP contribution is 2.35. The predicted octanol–water partition coefficient (Wildman–Crippen LogP) is 3.92. The molecular formula is C18H26F3N3O3. The highest BCUT2D eigenvalue weighted by Gasteiger charge is 2.31. The summed E-state index contributed by atoms with van der Waals surface area (Å²) in [6, 6.07) is 1.34. The highest BCUT2D eigenvalue weighted by molar-refractivity contribution is 5.98. The van der Waals surface area contributed by atoms with E-state index in [1.165, 1.54) is 13.0 Å². The molecule has 0 heterocycles. The van der Waals surface area contributed by atoms with Crippen molar-refractivity contribution in [3.63, 3.8) is 0 Å². The molecule has 1 atom stereocenters. The Morgan fingerprint density at radius 2 is 1.81 bits per heavy atom. The summed E-state index contributed by atoms with van der Waals surface area (Å²) in [5.74, 6) is -0.487. The third kappa shape index (κ3) is 7.76. The summed E-state index contributed by atoms with van der Waals surface area (Å²) in [6.45, 7) is 8.86. The average Bonchev–Trinajstić information content (AvgIpc) is 2.50. The number of anilines is 1. The van der Waals surface area contributed by atoms with Crippen molar-refractivity contribution in [2.24, 2.45) is 0 Å². The number of halogens is 3. The van der Waals surface area contributed by atoms with Crippen LogP contribution in [-0.2, 0) is 11.0 Å². The van der Waals surface area contributed by atoms with Gasteiger partial charge < -0.3 is 15.4 Å². The van der Waals surface area contributed by atoms with Gasteiger partial charge in [-0.2, -0.15) is 13.2 Å². The minimum atomic E-state index is -4.53. The van der Waals surface area contributed by atoms with Crippen LogP contribution in [0.2, 0.25) is 0 Å². The van der Waals surface area contributed by atoms with E-state index in [9.17, 15) is 22.8 Å². The van der Waals surface area contributed by atoms with Crippen molar-refractivity contribution in [3.8, 4) is 5.75 Å². The standard InChI is InChI=1S/C18H26F3N3O3/c1-6-9-27-14-8-7-12(18(19,20)21)10-13(14)22-11(2)15(25)23-16(26)24-17(3,4)5/h7-8,10-11,22H,6,9H2,1-5H3,(H2,23,24,25,26). The van der Waals surface area contributed by atoms with Gasteiger partial charge in [0, 0.05) is 5.54 Å². The highest BCUT2D eigenvalue weighted by atomic mass is 19.4. The molecule has 1 aromatic rings. The monoisotopic (exact) mass is 389 g/mol. The number of hydrogen-bond acceptors (Lipinski definition) is 4. The number of nitrogens with one attached hydrogen (secondary N) is 3. The van der Waals surface area contributed by atoms with Crippen molar-refractivity contribution < 1.29 is 27.5 Å². The van der Waals surface area contributed by atoms with Gasteiger partial charge in [0.1, 0.15) is 11.8 Å².